The summed E-state index contributed by atoms with van der Waals surface area (Å²) in [6.07, 6.45) is 1.40. The SMILES string of the molecule is Fc1ccc(CNc2cc(Br)ncn2)cc1F. The third-order valence-corrected chi connectivity index (χ3v) is 2.53. The molecule has 0 spiro atoms. The second kappa shape index (κ2) is 5.18. The Morgan fingerprint density at radius 1 is 1.12 bits per heavy atom. The Bertz CT molecular complexity index is 534. The molecule has 17 heavy (non-hydrogen) atoms. The molecule has 0 amide bonds. The topological polar surface area (TPSA) is 37.8 Å². The second-order valence-corrected chi connectivity index (χ2v) is 4.14. The van der Waals surface area contributed by atoms with Gasteiger partial charge in [0.05, 0.1) is 0 Å². The molecule has 1 heterocycles. The van der Waals surface area contributed by atoms with Crippen LogP contribution < -0.4 is 5.32 Å². The van der Waals surface area contributed by atoms with E-state index in [2.05, 4.69) is 31.2 Å². The van der Waals surface area contributed by atoms with Crippen LogP contribution in [0.25, 0.3) is 0 Å². The van der Waals surface area contributed by atoms with E-state index in [-0.39, 0.29) is 0 Å². The average Bonchev–Trinajstić information content (AvgIpc) is 2.31. The summed E-state index contributed by atoms with van der Waals surface area (Å²) in [4.78, 5) is 7.85. The van der Waals surface area contributed by atoms with Crippen LogP contribution in [0.3, 0.4) is 0 Å². The summed E-state index contributed by atoms with van der Waals surface area (Å²) in [7, 11) is 0. The zero-order valence-corrected chi connectivity index (χ0v) is 10.2. The fraction of sp³-hybridized carbons (Fsp3) is 0.0909. The predicted octanol–water partition coefficient (Wildman–Crippen LogP) is 3.13. The number of rotatable bonds is 3. The van der Waals surface area contributed by atoms with Gasteiger partial charge in [0.2, 0.25) is 0 Å². The molecule has 2 aromatic rings. The van der Waals surface area contributed by atoms with Crippen LogP contribution in [-0.4, -0.2) is 9.97 Å². The van der Waals surface area contributed by atoms with E-state index in [0.717, 1.165) is 12.1 Å². The van der Waals surface area contributed by atoms with E-state index in [1.165, 1.54) is 12.4 Å². The molecule has 0 fully saturated rings. The van der Waals surface area contributed by atoms with Gasteiger partial charge in [0.1, 0.15) is 16.7 Å². The van der Waals surface area contributed by atoms with Crippen molar-refractivity contribution >= 4 is 21.7 Å². The summed E-state index contributed by atoms with van der Waals surface area (Å²) in [6, 6.07) is 5.46. The first kappa shape index (κ1) is 11.9. The molecule has 0 aliphatic carbocycles. The molecule has 6 heteroatoms. The van der Waals surface area contributed by atoms with Crippen LogP contribution >= 0.6 is 15.9 Å². The number of anilines is 1. The number of hydrogen-bond donors (Lipinski definition) is 1. The van der Waals surface area contributed by atoms with Crippen molar-refractivity contribution in [2.75, 3.05) is 5.32 Å². The van der Waals surface area contributed by atoms with Crippen LogP contribution in [0.4, 0.5) is 14.6 Å². The fourth-order valence-electron chi connectivity index (χ4n) is 1.27. The van der Waals surface area contributed by atoms with Gasteiger partial charge in [-0.05, 0) is 33.6 Å². The minimum Gasteiger partial charge on any atom is -0.366 e. The highest BCUT2D eigenvalue weighted by Gasteiger charge is 2.02. The Labute approximate surface area is 105 Å². The molecule has 1 N–H and O–H groups in total. The molecule has 88 valence electrons. The minimum atomic E-state index is -0.854. The maximum absolute atomic E-state index is 12.9. The Hall–Kier alpha value is -1.56. The highest BCUT2D eigenvalue weighted by atomic mass is 79.9. The van der Waals surface area contributed by atoms with Gasteiger partial charge in [-0.1, -0.05) is 6.07 Å². The van der Waals surface area contributed by atoms with E-state index < -0.39 is 11.6 Å². The number of benzene rings is 1. The number of aromatic nitrogens is 2. The molecule has 1 aromatic carbocycles. The Morgan fingerprint density at radius 2 is 1.94 bits per heavy atom. The summed E-state index contributed by atoms with van der Waals surface area (Å²) in [5, 5.41) is 2.98. The molecule has 0 aliphatic heterocycles. The Balaban J connectivity index is 2.05. The first-order valence-corrected chi connectivity index (χ1v) is 5.60. The minimum absolute atomic E-state index is 0.362. The quantitative estimate of drug-likeness (QED) is 0.885. The van der Waals surface area contributed by atoms with Crippen LogP contribution in [0.15, 0.2) is 35.2 Å². The smallest absolute Gasteiger partial charge is 0.159 e. The van der Waals surface area contributed by atoms with Crippen molar-refractivity contribution in [3.8, 4) is 0 Å². The van der Waals surface area contributed by atoms with Gasteiger partial charge in [-0.2, -0.15) is 0 Å². The van der Waals surface area contributed by atoms with Crippen molar-refractivity contribution in [3.05, 3.63) is 52.4 Å². The third-order valence-electron chi connectivity index (χ3n) is 2.09. The highest BCUT2D eigenvalue weighted by Crippen LogP contribution is 2.12. The molecule has 0 saturated carbocycles. The predicted molar refractivity (Wildman–Crippen MR) is 63.4 cm³/mol. The largest absolute Gasteiger partial charge is 0.366 e. The van der Waals surface area contributed by atoms with Crippen molar-refractivity contribution in [2.24, 2.45) is 0 Å². The van der Waals surface area contributed by atoms with Crippen molar-refractivity contribution < 1.29 is 8.78 Å². The molecular formula is C11H8BrF2N3. The monoisotopic (exact) mass is 299 g/mol. The first-order chi connectivity index (χ1) is 8.15. The van der Waals surface area contributed by atoms with Crippen molar-refractivity contribution in [1.82, 2.24) is 9.97 Å². The van der Waals surface area contributed by atoms with Gasteiger partial charge in [-0.3, -0.25) is 0 Å². The highest BCUT2D eigenvalue weighted by molar-refractivity contribution is 9.10. The van der Waals surface area contributed by atoms with Gasteiger partial charge in [0.25, 0.3) is 0 Å². The van der Waals surface area contributed by atoms with E-state index in [4.69, 9.17) is 0 Å². The van der Waals surface area contributed by atoms with E-state index in [0.29, 0.717) is 22.5 Å². The average molecular weight is 300 g/mol. The summed E-state index contributed by atoms with van der Waals surface area (Å²) in [5.41, 5.74) is 0.638. The normalized spacial score (nSPS) is 10.3. The molecule has 0 bridgehead atoms. The number of nitrogens with one attached hydrogen (secondary N) is 1. The van der Waals surface area contributed by atoms with Crippen LogP contribution in [-0.2, 0) is 6.54 Å². The Morgan fingerprint density at radius 3 is 2.65 bits per heavy atom. The maximum atomic E-state index is 12.9. The second-order valence-electron chi connectivity index (χ2n) is 3.33. The van der Waals surface area contributed by atoms with Gasteiger partial charge in [0, 0.05) is 12.6 Å². The molecule has 0 radical (unpaired) electrons. The van der Waals surface area contributed by atoms with Gasteiger partial charge in [-0.15, -0.1) is 0 Å². The molecule has 3 nitrogen and oxygen atoms in total. The van der Waals surface area contributed by atoms with Gasteiger partial charge in [-0.25, -0.2) is 18.7 Å². The lowest BCUT2D eigenvalue weighted by Gasteiger charge is -2.05. The molecule has 0 unspecified atom stereocenters. The lowest BCUT2D eigenvalue weighted by atomic mass is 10.2. The summed E-state index contributed by atoms with van der Waals surface area (Å²) in [6.45, 7) is 0.362. The lowest BCUT2D eigenvalue weighted by molar-refractivity contribution is 0.507. The van der Waals surface area contributed by atoms with Gasteiger partial charge < -0.3 is 5.32 Å². The fourth-order valence-corrected chi connectivity index (χ4v) is 1.58. The van der Waals surface area contributed by atoms with Gasteiger partial charge in [0.15, 0.2) is 11.6 Å². The molecule has 1 aromatic heterocycles. The van der Waals surface area contributed by atoms with Crippen molar-refractivity contribution in [1.29, 1.82) is 0 Å². The summed E-state index contributed by atoms with van der Waals surface area (Å²) >= 11 is 3.21. The summed E-state index contributed by atoms with van der Waals surface area (Å²) < 4.78 is 26.3. The number of hydrogen-bond acceptors (Lipinski definition) is 3. The van der Waals surface area contributed by atoms with E-state index in [1.54, 1.807) is 6.07 Å². The standard InChI is InChI=1S/C11H8BrF2N3/c12-10-4-11(17-6-16-10)15-5-7-1-2-8(13)9(14)3-7/h1-4,6H,5H2,(H,15,16,17). The van der Waals surface area contributed by atoms with Crippen LogP contribution in [0, 0.1) is 11.6 Å². The molecule has 2 rings (SSSR count). The molecule has 0 aliphatic rings. The molecule has 0 atom stereocenters. The zero-order chi connectivity index (χ0) is 12.3. The van der Waals surface area contributed by atoms with E-state index in [9.17, 15) is 8.78 Å². The zero-order valence-electron chi connectivity index (χ0n) is 8.62. The number of nitrogens with zero attached hydrogens (tertiary/aromatic N) is 2. The first-order valence-electron chi connectivity index (χ1n) is 4.80. The summed E-state index contributed by atoms with van der Waals surface area (Å²) in [5.74, 6) is -1.09. The van der Waals surface area contributed by atoms with Crippen molar-refractivity contribution in [3.63, 3.8) is 0 Å². The van der Waals surface area contributed by atoms with E-state index in [1.807, 2.05) is 0 Å². The molecule has 0 saturated heterocycles. The third kappa shape index (κ3) is 3.20. The van der Waals surface area contributed by atoms with Gasteiger partial charge >= 0.3 is 0 Å². The van der Waals surface area contributed by atoms with E-state index >= 15 is 0 Å². The Kier molecular flexibility index (Phi) is 3.63. The van der Waals surface area contributed by atoms with Crippen LogP contribution in [0.5, 0.6) is 0 Å². The van der Waals surface area contributed by atoms with Crippen LogP contribution in [0.1, 0.15) is 5.56 Å². The number of halogens is 3. The van der Waals surface area contributed by atoms with Crippen LogP contribution in [0.2, 0.25) is 0 Å². The lowest BCUT2D eigenvalue weighted by Crippen LogP contribution is -2.02. The van der Waals surface area contributed by atoms with Crippen molar-refractivity contribution in [2.45, 2.75) is 6.54 Å². The maximum Gasteiger partial charge on any atom is 0.159 e. The molecular weight excluding hydrogens is 292 g/mol.